The lowest BCUT2D eigenvalue weighted by atomic mass is 9.85. The molecule has 1 amide bonds. The summed E-state index contributed by atoms with van der Waals surface area (Å²) in [6, 6.07) is 10.7. The molecule has 1 aliphatic heterocycles. The number of nitrogens with zero attached hydrogens (tertiary/aromatic N) is 1. The Kier molecular flexibility index (Phi) is 5.37. The smallest absolute Gasteiger partial charge is 0.410 e. The first-order chi connectivity index (χ1) is 13.4. The Bertz CT molecular complexity index is 790. The van der Waals surface area contributed by atoms with Crippen LogP contribution >= 0.6 is 0 Å². The van der Waals surface area contributed by atoms with Crippen LogP contribution in [0, 0.1) is 5.92 Å². The maximum atomic E-state index is 12.9. The zero-order valence-corrected chi connectivity index (χ0v) is 17.2. The third-order valence-electron chi connectivity index (χ3n) is 5.95. The molecule has 1 aromatic heterocycles. The van der Waals surface area contributed by atoms with Gasteiger partial charge in [0.25, 0.3) is 0 Å². The first-order valence-electron chi connectivity index (χ1n) is 10.6. The highest BCUT2D eigenvalue weighted by Gasteiger charge is 2.45. The van der Waals surface area contributed by atoms with E-state index in [4.69, 9.17) is 9.15 Å². The van der Waals surface area contributed by atoms with Crippen LogP contribution in [-0.4, -0.2) is 35.2 Å². The second-order valence-electron chi connectivity index (χ2n) is 9.27. The Morgan fingerprint density at radius 3 is 2.82 bits per heavy atom. The second-order valence-corrected chi connectivity index (χ2v) is 9.27. The first-order valence-corrected chi connectivity index (χ1v) is 10.6. The van der Waals surface area contributed by atoms with Crippen molar-refractivity contribution in [3.8, 4) is 0 Å². The Labute approximate surface area is 167 Å². The lowest BCUT2D eigenvalue weighted by Gasteiger charge is -2.35. The monoisotopic (exact) mass is 384 g/mol. The van der Waals surface area contributed by atoms with Gasteiger partial charge >= 0.3 is 6.09 Å². The minimum atomic E-state index is -0.462. The van der Waals surface area contributed by atoms with Crippen LogP contribution in [0.2, 0.25) is 0 Å². The molecule has 0 radical (unpaired) electrons. The van der Waals surface area contributed by atoms with Crippen LogP contribution in [0.3, 0.4) is 0 Å². The van der Waals surface area contributed by atoms with E-state index in [1.165, 1.54) is 19.3 Å². The Hall–Kier alpha value is -2.01. The molecule has 5 nitrogen and oxygen atoms in total. The minimum absolute atomic E-state index is 0.155. The van der Waals surface area contributed by atoms with Crippen molar-refractivity contribution in [2.45, 2.75) is 77.1 Å². The number of hydrogen-bond acceptors (Lipinski definition) is 4. The fraction of sp³-hybridized carbons (Fsp3) is 0.609. The summed E-state index contributed by atoms with van der Waals surface area (Å²) in [5.74, 6) is 1.54. The average Bonchev–Trinajstić information content (AvgIpc) is 3.20. The quantitative estimate of drug-likeness (QED) is 0.798. The number of carbonyl (C=O) groups is 1. The number of carbonyl (C=O) groups excluding carboxylic acids is 1. The van der Waals surface area contributed by atoms with Gasteiger partial charge in [-0.25, -0.2) is 4.79 Å². The van der Waals surface area contributed by atoms with Crippen LogP contribution in [0.15, 0.2) is 34.7 Å². The normalized spacial score (nSPS) is 25.1. The molecule has 2 fully saturated rings. The van der Waals surface area contributed by atoms with Gasteiger partial charge in [0, 0.05) is 24.0 Å². The molecule has 0 bridgehead atoms. The van der Waals surface area contributed by atoms with Crippen molar-refractivity contribution in [1.82, 2.24) is 10.2 Å². The third kappa shape index (κ3) is 4.19. The van der Waals surface area contributed by atoms with E-state index >= 15 is 0 Å². The topological polar surface area (TPSA) is 54.7 Å². The lowest BCUT2D eigenvalue weighted by molar-refractivity contribution is 0.0104. The number of ether oxygens (including phenoxy) is 1. The predicted octanol–water partition coefficient (Wildman–Crippen LogP) is 5.09. The van der Waals surface area contributed by atoms with E-state index in [-0.39, 0.29) is 12.1 Å². The Balaban J connectivity index is 1.41. The third-order valence-corrected chi connectivity index (χ3v) is 5.95. The number of furan rings is 1. The Morgan fingerprint density at radius 1 is 1.25 bits per heavy atom. The van der Waals surface area contributed by atoms with Crippen LogP contribution in [-0.2, 0) is 11.3 Å². The average molecular weight is 385 g/mol. The molecule has 28 heavy (non-hydrogen) atoms. The number of rotatable bonds is 4. The molecule has 1 aliphatic carbocycles. The summed E-state index contributed by atoms with van der Waals surface area (Å²) in [5, 5.41) is 4.65. The van der Waals surface area contributed by atoms with Gasteiger partial charge in [-0.1, -0.05) is 31.0 Å². The maximum absolute atomic E-state index is 12.9. The molecule has 1 aromatic carbocycles. The van der Waals surface area contributed by atoms with Gasteiger partial charge in [-0.2, -0.15) is 0 Å². The molecule has 1 N–H and O–H groups in total. The van der Waals surface area contributed by atoms with E-state index in [0.717, 1.165) is 36.1 Å². The summed E-state index contributed by atoms with van der Waals surface area (Å²) < 4.78 is 11.6. The molecule has 1 saturated carbocycles. The molecule has 2 heterocycles. The van der Waals surface area contributed by atoms with Gasteiger partial charge in [0.15, 0.2) is 0 Å². The minimum Gasteiger partial charge on any atom is -0.460 e. The predicted molar refractivity (Wildman–Crippen MR) is 110 cm³/mol. The fourth-order valence-corrected chi connectivity index (χ4v) is 4.83. The van der Waals surface area contributed by atoms with Gasteiger partial charge in [0.1, 0.15) is 16.9 Å². The number of fused-ring (bicyclic) bond motifs is 2. The number of likely N-dealkylation sites (tertiary alicyclic amines) is 1. The molecule has 3 atom stereocenters. The number of para-hydroxylation sites is 1. The van der Waals surface area contributed by atoms with Crippen molar-refractivity contribution < 1.29 is 13.9 Å². The largest absolute Gasteiger partial charge is 0.460 e. The summed E-state index contributed by atoms with van der Waals surface area (Å²) >= 11 is 0. The van der Waals surface area contributed by atoms with E-state index in [1.807, 2.05) is 43.9 Å². The van der Waals surface area contributed by atoms with Gasteiger partial charge in [-0.3, -0.25) is 0 Å². The number of benzene rings is 1. The van der Waals surface area contributed by atoms with E-state index in [0.29, 0.717) is 18.5 Å². The van der Waals surface area contributed by atoms with Crippen LogP contribution < -0.4 is 5.32 Å². The molecule has 1 saturated heterocycles. The number of hydrogen-bond donors (Lipinski definition) is 1. The van der Waals surface area contributed by atoms with Gasteiger partial charge in [-0.15, -0.1) is 0 Å². The molecule has 152 valence electrons. The zero-order chi connectivity index (χ0) is 19.7. The molecule has 4 rings (SSSR count). The summed E-state index contributed by atoms with van der Waals surface area (Å²) in [4.78, 5) is 15.0. The van der Waals surface area contributed by atoms with Crippen LogP contribution in [0.5, 0.6) is 0 Å². The number of amides is 1. The second kappa shape index (κ2) is 7.78. The summed E-state index contributed by atoms with van der Waals surface area (Å²) in [6.45, 7) is 7.25. The van der Waals surface area contributed by atoms with Crippen molar-refractivity contribution in [2.24, 2.45) is 5.92 Å². The highest BCUT2D eigenvalue weighted by atomic mass is 16.6. The van der Waals surface area contributed by atoms with E-state index in [2.05, 4.69) is 17.4 Å². The molecular formula is C23H32N2O3. The number of nitrogens with one attached hydrogen (secondary N) is 1. The SMILES string of the molecule is CC(C)(C)OC(=O)N1[C@@H](CNCc2cc3ccccc3o2)C[C@@H]2CCCC[C@@H]21. The van der Waals surface area contributed by atoms with Crippen molar-refractivity contribution in [1.29, 1.82) is 0 Å². The van der Waals surface area contributed by atoms with Gasteiger partial charge < -0.3 is 19.4 Å². The van der Waals surface area contributed by atoms with Gasteiger partial charge in [0.05, 0.1) is 6.54 Å². The molecule has 0 spiro atoms. The van der Waals surface area contributed by atoms with Crippen LogP contribution in [0.1, 0.15) is 58.6 Å². The summed E-state index contributed by atoms with van der Waals surface area (Å²) in [6.07, 6.45) is 5.73. The summed E-state index contributed by atoms with van der Waals surface area (Å²) in [5.41, 5.74) is 0.456. The molecule has 2 aliphatic rings. The van der Waals surface area contributed by atoms with Gasteiger partial charge in [0.2, 0.25) is 0 Å². The van der Waals surface area contributed by atoms with E-state index in [1.54, 1.807) is 0 Å². The van der Waals surface area contributed by atoms with Crippen LogP contribution in [0.25, 0.3) is 11.0 Å². The van der Waals surface area contributed by atoms with Crippen molar-refractivity contribution in [2.75, 3.05) is 6.54 Å². The summed E-state index contributed by atoms with van der Waals surface area (Å²) in [7, 11) is 0. The van der Waals surface area contributed by atoms with Crippen LogP contribution in [0.4, 0.5) is 4.79 Å². The van der Waals surface area contributed by atoms with Crippen molar-refractivity contribution in [3.05, 3.63) is 36.1 Å². The van der Waals surface area contributed by atoms with Crippen molar-refractivity contribution >= 4 is 17.1 Å². The highest BCUT2D eigenvalue weighted by Crippen LogP contribution is 2.40. The van der Waals surface area contributed by atoms with Gasteiger partial charge in [-0.05, 0) is 58.1 Å². The standard InChI is InChI=1S/C23H32N2O3/c1-23(2,3)28-22(26)25-18(12-16-8-4-6-10-20(16)25)14-24-15-19-13-17-9-5-7-11-21(17)27-19/h5,7,9,11,13,16,18,20,24H,4,6,8,10,12,14-15H2,1-3H3/t16-,18+,20-/m0/s1. The van der Waals surface area contributed by atoms with E-state index < -0.39 is 5.60 Å². The molecular weight excluding hydrogens is 352 g/mol. The zero-order valence-electron chi connectivity index (χ0n) is 17.2. The molecule has 0 unspecified atom stereocenters. The molecule has 2 aromatic rings. The first kappa shape index (κ1) is 19.3. The van der Waals surface area contributed by atoms with E-state index in [9.17, 15) is 4.79 Å². The Morgan fingerprint density at radius 2 is 2.04 bits per heavy atom. The molecule has 5 heteroatoms. The maximum Gasteiger partial charge on any atom is 0.410 e. The van der Waals surface area contributed by atoms with Crippen molar-refractivity contribution in [3.63, 3.8) is 0 Å². The highest BCUT2D eigenvalue weighted by molar-refractivity contribution is 5.77. The fourth-order valence-electron chi connectivity index (χ4n) is 4.83. The lowest BCUT2D eigenvalue weighted by Crippen LogP contribution is -2.48.